The van der Waals surface area contributed by atoms with Gasteiger partial charge in [0.15, 0.2) is 0 Å². The molecule has 0 bridgehead atoms. The number of carbonyl (C=O) groups is 1. The van der Waals surface area contributed by atoms with Crippen LogP contribution in [-0.4, -0.2) is 26.0 Å². The van der Waals surface area contributed by atoms with Crippen LogP contribution in [0.15, 0.2) is 23.1 Å². The van der Waals surface area contributed by atoms with E-state index in [1.807, 2.05) is 6.92 Å². The molecular weight excluding hydrogens is 280 g/mol. The molecule has 20 heavy (non-hydrogen) atoms. The summed E-state index contributed by atoms with van der Waals surface area (Å²) in [4.78, 5) is 10.7. The highest BCUT2D eigenvalue weighted by Gasteiger charge is 2.41. The van der Waals surface area contributed by atoms with Crippen LogP contribution in [-0.2, 0) is 10.0 Å². The van der Waals surface area contributed by atoms with Crippen LogP contribution in [0.25, 0.3) is 0 Å². The normalized spacial score (nSPS) is 16.9. The predicted octanol–water partition coefficient (Wildman–Crippen LogP) is 1.44. The van der Waals surface area contributed by atoms with Gasteiger partial charge in [-0.25, -0.2) is 17.9 Å². The summed E-state index contributed by atoms with van der Waals surface area (Å²) in [5.74, 6) is -1.14. The lowest BCUT2D eigenvalue weighted by molar-refractivity contribution is 0.0697. The van der Waals surface area contributed by atoms with Gasteiger partial charge in [0, 0.05) is 6.54 Å². The third kappa shape index (κ3) is 2.94. The number of hydrogen-bond acceptors (Lipinski definition) is 4. The molecule has 0 saturated heterocycles. The Morgan fingerprint density at radius 1 is 1.45 bits per heavy atom. The van der Waals surface area contributed by atoms with Gasteiger partial charge in [-0.2, -0.15) is 0 Å². The number of nitrogens with one attached hydrogen (secondary N) is 1. The molecule has 0 amide bonds. The molecule has 0 heterocycles. The van der Waals surface area contributed by atoms with Gasteiger partial charge in [0.2, 0.25) is 10.0 Å². The van der Waals surface area contributed by atoms with E-state index in [4.69, 9.17) is 10.8 Å². The van der Waals surface area contributed by atoms with Crippen molar-refractivity contribution in [3.8, 4) is 0 Å². The highest BCUT2D eigenvalue weighted by molar-refractivity contribution is 7.89. The SMILES string of the molecule is CCC1(CNS(=O)(=O)c2ccc(C(=O)O)cc2N)CC1. The molecule has 1 aromatic rings. The zero-order valence-corrected chi connectivity index (χ0v) is 12.0. The van der Waals surface area contributed by atoms with Crippen LogP contribution in [0.3, 0.4) is 0 Å². The first kappa shape index (κ1) is 14.8. The summed E-state index contributed by atoms with van der Waals surface area (Å²) in [7, 11) is -3.70. The first-order chi connectivity index (χ1) is 9.30. The van der Waals surface area contributed by atoms with E-state index in [1.54, 1.807) is 0 Å². The van der Waals surface area contributed by atoms with Crippen molar-refractivity contribution >= 4 is 21.7 Å². The van der Waals surface area contributed by atoms with Crippen molar-refractivity contribution in [3.05, 3.63) is 23.8 Å². The number of rotatable bonds is 6. The van der Waals surface area contributed by atoms with Gasteiger partial charge in [0.05, 0.1) is 11.3 Å². The molecule has 0 unspecified atom stereocenters. The monoisotopic (exact) mass is 298 g/mol. The molecule has 1 fully saturated rings. The maximum atomic E-state index is 12.2. The number of carboxylic acids is 1. The summed E-state index contributed by atoms with van der Waals surface area (Å²) in [6.07, 6.45) is 2.99. The van der Waals surface area contributed by atoms with Crippen LogP contribution >= 0.6 is 0 Å². The molecular formula is C13H18N2O4S. The molecule has 0 aromatic heterocycles. The molecule has 0 atom stereocenters. The number of carboxylic acid groups (broad SMARTS) is 1. The number of anilines is 1. The fraction of sp³-hybridized carbons (Fsp3) is 0.462. The van der Waals surface area contributed by atoms with E-state index in [0.29, 0.717) is 6.54 Å². The van der Waals surface area contributed by atoms with E-state index in [1.165, 1.54) is 12.1 Å². The topological polar surface area (TPSA) is 109 Å². The van der Waals surface area contributed by atoms with Gasteiger partial charge in [0.25, 0.3) is 0 Å². The predicted molar refractivity (Wildman–Crippen MR) is 75.0 cm³/mol. The van der Waals surface area contributed by atoms with Crippen LogP contribution in [0.4, 0.5) is 5.69 Å². The standard InChI is InChI=1S/C13H18N2O4S/c1-2-13(5-6-13)8-15-20(18,19)11-4-3-9(12(16)17)7-10(11)14/h3-4,7,15H,2,5-6,8,14H2,1H3,(H,16,17). The minimum absolute atomic E-state index is 0.0336. The maximum Gasteiger partial charge on any atom is 0.335 e. The second-order valence-corrected chi connectivity index (χ2v) is 6.97. The van der Waals surface area contributed by atoms with Gasteiger partial charge in [0.1, 0.15) is 4.90 Å². The molecule has 0 aliphatic heterocycles. The van der Waals surface area contributed by atoms with Gasteiger partial charge in [-0.05, 0) is 42.9 Å². The Labute approximate surface area is 118 Å². The number of hydrogen-bond donors (Lipinski definition) is 3. The quantitative estimate of drug-likeness (QED) is 0.688. The summed E-state index contributed by atoms with van der Waals surface area (Å²) in [6, 6.07) is 3.62. The summed E-state index contributed by atoms with van der Waals surface area (Å²) in [6.45, 7) is 2.43. The number of nitrogen functional groups attached to an aromatic ring is 1. The van der Waals surface area contributed by atoms with E-state index in [9.17, 15) is 13.2 Å². The average molecular weight is 298 g/mol. The van der Waals surface area contributed by atoms with Crippen LogP contribution in [0.5, 0.6) is 0 Å². The fourth-order valence-electron chi connectivity index (χ4n) is 2.08. The minimum atomic E-state index is -3.70. The lowest BCUT2D eigenvalue weighted by Crippen LogP contribution is -2.30. The molecule has 110 valence electrons. The van der Waals surface area contributed by atoms with Crippen molar-refractivity contribution in [3.63, 3.8) is 0 Å². The van der Waals surface area contributed by atoms with E-state index in [-0.39, 0.29) is 21.6 Å². The molecule has 0 spiro atoms. The summed E-state index contributed by atoms with van der Waals surface area (Å²) in [5.41, 5.74) is 5.65. The molecule has 7 heteroatoms. The fourth-order valence-corrected chi connectivity index (χ4v) is 3.35. The van der Waals surface area contributed by atoms with Crippen LogP contribution in [0.1, 0.15) is 36.5 Å². The van der Waals surface area contributed by atoms with Crippen LogP contribution in [0.2, 0.25) is 0 Å². The van der Waals surface area contributed by atoms with E-state index >= 15 is 0 Å². The Morgan fingerprint density at radius 2 is 2.10 bits per heavy atom. The molecule has 1 aromatic carbocycles. The van der Waals surface area contributed by atoms with Crippen LogP contribution in [0, 0.1) is 5.41 Å². The van der Waals surface area contributed by atoms with Gasteiger partial charge < -0.3 is 10.8 Å². The van der Waals surface area contributed by atoms with Gasteiger partial charge in [-0.3, -0.25) is 0 Å². The average Bonchev–Trinajstić information content (AvgIpc) is 3.17. The van der Waals surface area contributed by atoms with Crippen molar-refractivity contribution in [1.29, 1.82) is 0 Å². The van der Waals surface area contributed by atoms with Crippen molar-refractivity contribution in [2.75, 3.05) is 12.3 Å². The van der Waals surface area contributed by atoms with E-state index in [0.717, 1.165) is 25.3 Å². The summed E-state index contributed by atoms with van der Waals surface area (Å²) < 4.78 is 26.9. The summed E-state index contributed by atoms with van der Waals surface area (Å²) >= 11 is 0. The van der Waals surface area contributed by atoms with Gasteiger partial charge in [-0.15, -0.1) is 0 Å². The second-order valence-electron chi connectivity index (χ2n) is 5.24. The largest absolute Gasteiger partial charge is 0.478 e. The number of aromatic carboxylic acids is 1. The minimum Gasteiger partial charge on any atom is -0.478 e. The number of nitrogens with two attached hydrogens (primary N) is 1. The number of benzene rings is 1. The first-order valence-corrected chi connectivity index (χ1v) is 7.90. The van der Waals surface area contributed by atoms with Crippen molar-refractivity contribution < 1.29 is 18.3 Å². The Kier molecular flexibility index (Phi) is 3.75. The molecule has 1 saturated carbocycles. The van der Waals surface area contributed by atoms with Crippen molar-refractivity contribution in [2.24, 2.45) is 5.41 Å². The molecule has 1 aliphatic carbocycles. The smallest absolute Gasteiger partial charge is 0.335 e. The van der Waals surface area contributed by atoms with Crippen LogP contribution < -0.4 is 10.5 Å². The van der Waals surface area contributed by atoms with E-state index in [2.05, 4.69) is 4.72 Å². The Morgan fingerprint density at radius 3 is 2.55 bits per heavy atom. The number of sulfonamides is 1. The van der Waals surface area contributed by atoms with Crippen molar-refractivity contribution in [2.45, 2.75) is 31.1 Å². The van der Waals surface area contributed by atoms with Gasteiger partial charge in [-0.1, -0.05) is 6.92 Å². The second kappa shape index (κ2) is 5.06. The highest BCUT2D eigenvalue weighted by Crippen LogP contribution is 2.48. The third-order valence-electron chi connectivity index (χ3n) is 3.89. The molecule has 4 N–H and O–H groups in total. The zero-order chi connectivity index (χ0) is 15.0. The molecule has 2 rings (SSSR count). The van der Waals surface area contributed by atoms with Crippen molar-refractivity contribution in [1.82, 2.24) is 4.72 Å². The Hall–Kier alpha value is -1.60. The molecule has 6 nitrogen and oxygen atoms in total. The molecule has 1 aliphatic rings. The third-order valence-corrected chi connectivity index (χ3v) is 5.37. The Balaban J connectivity index is 2.19. The summed E-state index contributed by atoms with van der Waals surface area (Å²) in [5, 5.41) is 8.83. The van der Waals surface area contributed by atoms with Gasteiger partial charge >= 0.3 is 5.97 Å². The lowest BCUT2D eigenvalue weighted by atomic mass is 10.1. The lowest BCUT2D eigenvalue weighted by Gasteiger charge is -2.14. The molecule has 0 radical (unpaired) electrons. The highest BCUT2D eigenvalue weighted by atomic mass is 32.2. The maximum absolute atomic E-state index is 12.2. The Bertz CT molecular complexity index is 636. The van der Waals surface area contributed by atoms with E-state index < -0.39 is 16.0 Å². The first-order valence-electron chi connectivity index (χ1n) is 6.42. The zero-order valence-electron chi connectivity index (χ0n) is 11.2.